The van der Waals surface area contributed by atoms with E-state index < -0.39 is 10.0 Å². The number of amidine groups is 1. The van der Waals surface area contributed by atoms with Gasteiger partial charge in [0.1, 0.15) is 5.84 Å². The summed E-state index contributed by atoms with van der Waals surface area (Å²) in [6.07, 6.45) is 2.96. The highest BCUT2D eigenvalue weighted by Gasteiger charge is 2.18. The fourth-order valence-corrected chi connectivity index (χ4v) is 3.76. The van der Waals surface area contributed by atoms with E-state index in [4.69, 9.17) is 4.74 Å². The van der Waals surface area contributed by atoms with E-state index in [1.54, 1.807) is 30.3 Å². The molecule has 8 heteroatoms. The van der Waals surface area contributed by atoms with Gasteiger partial charge in [0.05, 0.1) is 17.2 Å². The zero-order valence-corrected chi connectivity index (χ0v) is 15.7. The second kappa shape index (κ2) is 8.22. The number of sulfonamides is 1. The van der Waals surface area contributed by atoms with Gasteiger partial charge in [-0.1, -0.05) is 12.1 Å². The summed E-state index contributed by atoms with van der Waals surface area (Å²) in [6, 6.07) is 11.4. The maximum absolute atomic E-state index is 12.5. The van der Waals surface area contributed by atoms with E-state index >= 15 is 0 Å². The Labute approximate surface area is 158 Å². The molecule has 0 radical (unpaired) electrons. The molecule has 142 valence electrons. The van der Waals surface area contributed by atoms with Crippen LogP contribution in [0.5, 0.6) is 11.5 Å². The first-order valence-electron chi connectivity index (χ1n) is 8.64. The minimum absolute atomic E-state index is 0.00668. The molecular formula is C19H21N3O4S. The molecule has 2 aromatic carbocycles. The molecule has 0 bridgehead atoms. The molecule has 0 saturated carbocycles. The van der Waals surface area contributed by atoms with Crippen LogP contribution in [-0.2, 0) is 10.0 Å². The molecule has 1 aliphatic heterocycles. The number of hydrogen-bond donors (Lipinski definition) is 2. The lowest BCUT2D eigenvalue weighted by molar-refractivity contribution is 0.318. The average Bonchev–Trinajstić information content (AvgIpc) is 3.15. The van der Waals surface area contributed by atoms with E-state index in [0.29, 0.717) is 42.4 Å². The third-order valence-electron chi connectivity index (χ3n) is 3.94. The van der Waals surface area contributed by atoms with E-state index in [1.807, 2.05) is 6.92 Å². The molecule has 0 saturated heterocycles. The molecule has 2 aromatic rings. The Hall–Kier alpha value is -2.87. The van der Waals surface area contributed by atoms with E-state index in [9.17, 15) is 13.5 Å². The number of ether oxygens (including phenoxy) is 1. The smallest absolute Gasteiger partial charge is 0.262 e. The molecule has 0 fully saturated rings. The monoisotopic (exact) mass is 387 g/mol. The molecule has 0 unspecified atom stereocenters. The van der Waals surface area contributed by atoms with Gasteiger partial charge in [0.15, 0.2) is 11.5 Å². The summed E-state index contributed by atoms with van der Waals surface area (Å²) >= 11 is 0. The predicted molar refractivity (Wildman–Crippen MR) is 105 cm³/mol. The van der Waals surface area contributed by atoms with Crippen LogP contribution in [0.15, 0.2) is 57.3 Å². The Morgan fingerprint density at radius 1 is 1.30 bits per heavy atom. The average molecular weight is 387 g/mol. The van der Waals surface area contributed by atoms with Gasteiger partial charge in [-0.2, -0.15) is 0 Å². The zero-order chi connectivity index (χ0) is 19.3. The number of benzene rings is 2. The number of para-hydroxylation sites is 1. The lowest BCUT2D eigenvalue weighted by atomic mass is 10.2. The van der Waals surface area contributed by atoms with E-state index in [2.05, 4.69) is 14.7 Å². The maximum Gasteiger partial charge on any atom is 0.262 e. The lowest BCUT2D eigenvalue weighted by Gasteiger charge is -2.08. The van der Waals surface area contributed by atoms with Crippen molar-refractivity contribution >= 4 is 27.8 Å². The topological polar surface area (TPSA) is 100 Å². The molecule has 3 rings (SSSR count). The second-order valence-corrected chi connectivity index (χ2v) is 7.60. The van der Waals surface area contributed by atoms with Crippen molar-refractivity contribution in [2.24, 2.45) is 9.98 Å². The van der Waals surface area contributed by atoms with Gasteiger partial charge in [0.25, 0.3) is 10.0 Å². The summed E-state index contributed by atoms with van der Waals surface area (Å²) in [7, 11) is -3.70. The number of aliphatic imine (C=N–C) groups is 2. The molecule has 0 atom stereocenters. The summed E-state index contributed by atoms with van der Waals surface area (Å²) < 4.78 is 32.8. The van der Waals surface area contributed by atoms with Gasteiger partial charge in [0.2, 0.25) is 0 Å². The van der Waals surface area contributed by atoms with Crippen LogP contribution in [0.2, 0.25) is 0 Å². The minimum Gasteiger partial charge on any atom is -0.504 e. The molecule has 0 spiro atoms. The van der Waals surface area contributed by atoms with Crippen molar-refractivity contribution in [1.29, 1.82) is 0 Å². The number of aromatic hydroxyl groups is 1. The maximum atomic E-state index is 12.5. The van der Waals surface area contributed by atoms with Gasteiger partial charge in [-0.3, -0.25) is 14.7 Å². The summed E-state index contributed by atoms with van der Waals surface area (Å²) in [5.74, 6) is 0.855. The molecule has 0 amide bonds. The number of phenolic OH excluding ortho intramolecular Hbond substituents is 1. The van der Waals surface area contributed by atoms with Crippen molar-refractivity contribution in [3.8, 4) is 11.5 Å². The first-order chi connectivity index (χ1) is 13.0. The molecule has 0 aliphatic carbocycles. The number of hydrogen-bond acceptors (Lipinski definition) is 6. The van der Waals surface area contributed by atoms with Crippen molar-refractivity contribution in [1.82, 2.24) is 4.72 Å². The Morgan fingerprint density at radius 3 is 2.85 bits per heavy atom. The van der Waals surface area contributed by atoms with Gasteiger partial charge in [0, 0.05) is 24.7 Å². The van der Waals surface area contributed by atoms with E-state index in [0.717, 1.165) is 6.42 Å². The highest BCUT2D eigenvalue weighted by molar-refractivity contribution is 7.90. The van der Waals surface area contributed by atoms with Crippen LogP contribution in [0.25, 0.3) is 0 Å². The van der Waals surface area contributed by atoms with Crippen LogP contribution in [0.4, 0.5) is 5.69 Å². The quantitative estimate of drug-likeness (QED) is 0.744. The molecule has 27 heavy (non-hydrogen) atoms. The molecule has 1 aliphatic rings. The normalized spacial score (nSPS) is 14.3. The molecule has 0 aromatic heterocycles. The fraction of sp³-hybridized carbons (Fsp3) is 0.263. The van der Waals surface area contributed by atoms with Gasteiger partial charge >= 0.3 is 0 Å². The Kier molecular flexibility index (Phi) is 5.75. The summed E-state index contributed by atoms with van der Waals surface area (Å²) in [5, 5.41) is 10.2. The number of phenols is 1. The summed E-state index contributed by atoms with van der Waals surface area (Å²) in [6.45, 7) is 2.91. The second-order valence-electron chi connectivity index (χ2n) is 5.92. The van der Waals surface area contributed by atoms with Gasteiger partial charge in [-0.05, 0) is 43.7 Å². The standard InChI is InChI=1S/C19H21N3O4S/c1-2-26-17-9-3-6-14(19(17)23)13-21-15-7-4-8-16(12-15)27(24,25)22-18-10-5-11-20-18/h3-4,6-9,12-13,23H,2,5,10-11H2,1H3,(H,20,22). The Morgan fingerprint density at radius 2 is 2.11 bits per heavy atom. The molecule has 2 N–H and O–H groups in total. The van der Waals surface area contributed by atoms with Crippen molar-refractivity contribution < 1.29 is 18.3 Å². The lowest BCUT2D eigenvalue weighted by Crippen LogP contribution is -2.29. The molecule has 7 nitrogen and oxygen atoms in total. The third kappa shape index (κ3) is 4.65. The van der Waals surface area contributed by atoms with Crippen LogP contribution in [-0.4, -0.2) is 38.7 Å². The van der Waals surface area contributed by atoms with Crippen LogP contribution in [0.3, 0.4) is 0 Å². The van der Waals surface area contributed by atoms with Crippen molar-refractivity contribution in [2.75, 3.05) is 13.2 Å². The summed E-state index contributed by atoms with van der Waals surface area (Å²) in [4.78, 5) is 8.53. The zero-order valence-electron chi connectivity index (χ0n) is 14.9. The number of nitrogens with one attached hydrogen (secondary N) is 1. The van der Waals surface area contributed by atoms with Gasteiger partial charge in [-0.15, -0.1) is 0 Å². The van der Waals surface area contributed by atoms with Crippen LogP contribution in [0.1, 0.15) is 25.3 Å². The molecular weight excluding hydrogens is 366 g/mol. The van der Waals surface area contributed by atoms with Gasteiger partial charge in [-0.25, -0.2) is 8.42 Å². The largest absolute Gasteiger partial charge is 0.504 e. The molecule has 1 heterocycles. The highest BCUT2D eigenvalue weighted by Crippen LogP contribution is 2.29. The summed E-state index contributed by atoms with van der Waals surface area (Å²) in [5.41, 5.74) is 0.931. The van der Waals surface area contributed by atoms with Crippen molar-refractivity contribution in [3.05, 3.63) is 48.0 Å². The Bertz CT molecular complexity index is 984. The van der Waals surface area contributed by atoms with Crippen LogP contribution in [0, 0.1) is 0 Å². The Balaban J connectivity index is 1.82. The number of rotatable bonds is 6. The highest BCUT2D eigenvalue weighted by atomic mass is 32.2. The SMILES string of the molecule is CCOc1cccc(C=Nc2cccc(S(=O)(=O)NC3=NCCC3)c2)c1O. The fourth-order valence-electron chi connectivity index (χ4n) is 2.63. The van der Waals surface area contributed by atoms with Crippen molar-refractivity contribution in [2.45, 2.75) is 24.7 Å². The van der Waals surface area contributed by atoms with Crippen LogP contribution >= 0.6 is 0 Å². The third-order valence-corrected chi connectivity index (χ3v) is 5.32. The predicted octanol–water partition coefficient (Wildman–Crippen LogP) is 3.01. The van der Waals surface area contributed by atoms with Crippen molar-refractivity contribution in [3.63, 3.8) is 0 Å². The van der Waals surface area contributed by atoms with Crippen LogP contribution < -0.4 is 9.46 Å². The first-order valence-corrected chi connectivity index (χ1v) is 10.1. The van der Waals surface area contributed by atoms with Gasteiger partial charge < -0.3 is 9.84 Å². The van der Waals surface area contributed by atoms with E-state index in [1.165, 1.54) is 18.3 Å². The van der Waals surface area contributed by atoms with E-state index in [-0.39, 0.29) is 10.6 Å². The number of nitrogens with zero attached hydrogens (tertiary/aromatic N) is 2. The first kappa shape index (κ1) is 18.9. The minimum atomic E-state index is -3.70.